The van der Waals surface area contributed by atoms with Gasteiger partial charge in [0.1, 0.15) is 17.3 Å². The molecule has 2 aromatic carbocycles. The lowest BCUT2D eigenvalue weighted by Gasteiger charge is -2.08. The van der Waals surface area contributed by atoms with Crippen molar-refractivity contribution in [2.24, 2.45) is 0 Å². The minimum atomic E-state index is -0.670. The van der Waals surface area contributed by atoms with Gasteiger partial charge in [-0.2, -0.15) is 11.8 Å². The Hall–Kier alpha value is -2.29. The number of carbonyl (C=O) groups excluding carboxylic acids is 1. The van der Waals surface area contributed by atoms with Gasteiger partial charge in [0.2, 0.25) is 0 Å². The highest BCUT2D eigenvalue weighted by Crippen LogP contribution is 2.28. The van der Waals surface area contributed by atoms with Crippen molar-refractivity contribution in [1.82, 2.24) is 4.98 Å². The predicted molar refractivity (Wildman–Crippen MR) is 116 cm³/mol. The van der Waals surface area contributed by atoms with Crippen LogP contribution in [0.4, 0.5) is 9.52 Å². The monoisotopic (exact) mass is 452 g/mol. The number of hydrogen-bond donors (Lipinski definition) is 1. The molecule has 0 spiro atoms. The molecule has 1 aromatic heterocycles. The molecule has 0 saturated carbocycles. The summed E-state index contributed by atoms with van der Waals surface area (Å²) in [5.74, 6) is 1.60. The van der Waals surface area contributed by atoms with Gasteiger partial charge in [-0.25, -0.2) is 9.37 Å². The van der Waals surface area contributed by atoms with Gasteiger partial charge in [-0.3, -0.25) is 10.1 Å². The van der Waals surface area contributed by atoms with Crippen LogP contribution in [0.5, 0.6) is 11.5 Å². The van der Waals surface area contributed by atoms with Crippen LogP contribution in [0.2, 0.25) is 5.02 Å². The maximum Gasteiger partial charge on any atom is 0.261 e. The van der Waals surface area contributed by atoms with Crippen molar-refractivity contribution >= 4 is 45.7 Å². The summed E-state index contributed by atoms with van der Waals surface area (Å²) in [4.78, 5) is 16.7. The standard InChI is InChI=1S/C20H18ClFN2O3S2/c1-26-14-6-12(7-15(8-14)27-2)9-28-10-13-11-29-20(23-13)24-19(25)18-16(21)4-3-5-17(18)22/h3-8,11H,9-10H2,1-2H3,(H,23,24,25). The van der Waals surface area contributed by atoms with Crippen molar-refractivity contribution in [3.8, 4) is 11.5 Å². The second kappa shape index (κ2) is 9.96. The Bertz CT molecular complexity index is 971. The summed E-state index contributed by atoms with van der Waals surface area (Å²) < 4.78 is 24.4. The molecular weight excluding hydrogens is 435 g/mol. The minimum absolute atomic E-state index is 0.0588. The van der Waals surface area contributed by atoms with Crippen molar-refractivity contribution in [2.45, 2.75) is 11.5 Å². The lowest BCUT2D eigenvalue weighted by molar-refractivity contribution is 0.102. The van der Waals surface area contributed by atoms with Crippen molar-refractivity contribution in [3.05, 3.63) is 69.4 Å². The third-order valence-corrected chi connectivity index (χ3v) is 6.05. The van der Waals surface area contributed by atoms with Gasteiger partial charge in [0, 0.05) is 23.0 Å². The smallest absolute Gasteiger partial charge is 0.261 e. The Labute approximate surface area is 181 Å². The fourth-order valence-electron chi connectivity index (χ4n) is 2.53. The Balaban J connectivity index is 1.58. The Morgan fingerprint density at radius 3 is 2.59 bits per heavy atom. The van der Waals surface area contributed by atoms with Crippen LogP contribution in [0, 0.1) is 5.82 Å². The van der Waals surface area contributed by atoms with Crippen LogP contribution in [-0.2, 0) is 11.5 Å². The van der Waals surface area contributed by atoms with Crippen molar-refractivity contribution < 1.29 is 18.7 Å². The van der Waals surface area contributed by atoms with E-state index in [-0.39, 0.29) is 10.6 Å². The van der Waals surface area contributed by atoms with Crippen LogP contribution in [0.25, 0.3) is 0 Å². The second-order valence-corrected chi connectivity index (χ2v) is 8.16. The SMILES string of the molecule is COc1cc(CSCc2csc(NC(=O)c3c(F)cccc3Cl)n2)cc(OC)c1. The van der Waals surface area contributed by atoms with E-state index in [1.807, 2.05) is 23.6 Å². The number of thioether (sulfide) groups is 1. The molecule has 0 fully saturated rings. The molecule has 9 heteroatoms. The normalized spacial score (nSPS) is 10.6. The highest BCUT2D eigenvalue weighted by atomic mass is 35.5. The van der Waals surface area contributed by atoms with Gasteiger partial charge in [-0.1, -0.05) is 17.7 Å². The summed E-state index contributed by atoms with van der Waals surface area (Å²) in [7, 11) is 3.23. The number of amides is 1. The van der Waals surface area contributed by atoms with Gasteiger partial charge >= 0.3 is 0 Å². The molecule has 3 rings (SSSR count). The molecule has 1 N–H and O–H groups in total. The highest BCUT2D eigenvalue weighted by molar-refractivity contribution is 7.97. The maximum absolute atomic E-state index is 13.9. The Morgan fingerprint density at radius 1 is 1.21 bits per heavy atom. The average molecular weight is 453 g/mol. The lowest BCUT2D eigenvalue weighted by Crippen LogP contribution is -2.14. The molecule has 152 valence electrons. The molecule has 1 amide bonds. The molecule has 1 heterocycles. The summed E-state index contributed by atoms with van der Waals surface area (Å²) in [5.41, 5.74) is 1.71. The summed E-state index contributed by atoms with van der Waals surface area (Å²) in [5, 5.41) is 4.91. The Kier molecular flexibility index (Phi) is 7.35. The first-order valence-corrected chi connectivity index (χ1v) is 10.9. The number of methoxy groups -OCH3 is 2. The van der Waals surface area contributed by atoms with Gasteiger partial charge in [0.15, 0.2) is 5.13 Å². The topological polar surface area (TPSA) is 60.5 Å². The molecule has 0 saturated heterocycles. The fraction of sp³-hybridized carbons (Fsp3) is 0.200. The van der Waals surface area contributed by atoms with E-state index >= 15 is 0 Å². The number of thiazole rings is 1. The number of anilines is 1. The zero-order valence-electron chi connectivity index (χ0n) is 15.7. The second-order valence-electron chi connectivity index (χ2n) is 5.91. The number of carbonyl (C=O) groups is 1. The number of hydrogen-bond acceptors (Lipinski definition) is 6. The first kappa shape index (κ1) is 21.4. The summed E-state index contributed by atoms with van der Waals surface area (Å²) in [6.07, 6.45) is 0. The van der Waals surface area contributed by atoms with E-state index in [9.17, 15) is 9.18 Å². The first-order chi connectivity index (χ1) is 14.0. The maximum atomic E-state index is 13.9. The van der Waals surface area contributed by atoms with E-state index in [1.165, 1.54) is 29.5 Å². The minimum Gasteiger partial charge on any atom is -0.497 e. The molecule has 0 atom stereocenters. The van der Waals surface area contributed by atoms with Crippen LogP contribution in [0.3, 0.4) is 0 Å². The van der Waals surface area contributed by atoms with Gasteiger partial charge in [-0.05, 0) is 29.8 Å². The van der Waals surface area contributed by atoms with Gasteiger partial charge < -0.3 is 9.47 Å². The number of ether oxygens (including phenoxy) is 2. The van der Waals surface area contributed by atoms with Crippen molar-refractivity contribution in [3.63, 3.8) is 0 Å². The van der Waals surface area contributed by atoms with E-state index in [0.717, 1.165) is 28.5 Å². The highest BCUT2D eigenvalue weighted by Gasteiger charge is 2.17. The zero-order valence-corrected chi connectivity index (χ0v) is 18.1. The molecular formula is C20H18ClFN2O3S2. The molecule has 0 unspecified atom stereocenters. The van der Waals surface area contributed by atoms with Crippen LogP contribution < -0.4 is 14.8 Å². The summed E-state index contributed by atoms with van der Waals surface area (Å²) >= 11 is 8.88. The largest absolute Gasteiger partial charge is 0.497 e. The average Bonchev–Trinajstić information content (AvgIpc) is 3.14. The zero-order chi connectivity index (χ0) is 20.8. The van der Waals surface area contributed by atoms with E-state index in [0.29, 0.717) is 10.9 Å². The van der Waals surface area contributed by atoms with Gasteiger partial charge in [0.05, 0.1) is 30.5 Å². The van der Waals surface area contributed by atoms with E-state index in [2.05, 4.69) is 10.3 Å². The van der Waals surface area contributed by atoms with Gasteiger partial charge in [-0.15, -0.1) is 11.3 Å². The number of nitrogens with one attached hydrogen (secondary N) is 1. The Morgan fingerprint density at radius 2 is 1.93 bits per heavy atom. The third-order valence-electron chi connectivity index (χ3n) is 3.89. The van der Waals surface area contributed by atoms with E-state index in [1.54, 1.807) is 26.0 Å². The number of aromatic nitrogens is 1. The molecule has 5 nitrogen and oxygen atoms in total. The van der Waals surface area contributed by atoms with Crippen molar-refractivity contribution in [1.29, 1.82) is 0 Å². The molecule has 0 aliphatic rings. The quantitative estimate of drug-likeness (QED) is 0.479. The lowest BCUT2D eigenvalue weighted by atomic mass is 10.2. The van der Waals surface area contributed by atoms with Crippen LogP contribution in [0.1, 0.15) is 21.6 Å². The van der Waals surface area contributed by atoms with Crippen LogP contribution in [0.15, 0.2) is 41.8 Å². The molecule has 29 heavy (non-hydrogen) atoms. The predicted octanol–water partition coefficient (Wildman–Crippen LogP) is 5.64. The van der Waals surface area contributed by atoms with Crippen LogP contribution >= 0.6 is 34.7 Å². The summed E-state index contributed by atoms with van der Waals surface area (Å²) in [6, 6.07) is 9.85. The molecule has 0 radical (unpaired) electrons. The number of halogens is 2. The molecule has 0 bridgehead atoms. The van der Waals surface area contributed by atoms with Gasteiger partial charge in [0.25, 0.3) is 5.91 Å². The van der Waals surface area contributed by atoms with E-state index in [4.69, 9.17) is 21.1 Å². The van der Waals surface area contributed by atoms with Crippen LogP contribution in [-0.4, -0.2) is 25.1 Å². The van der Waals surface area contributed by atoms with Crippen molar-refractivity contribution in [2.75, 3.05) is 19.5 Å². The number of benzene rings is 2. The third kappa shape index (κ3) is 5.62. The molecule has 0 aliphatic heterocycles. The fourth-order valence-corrected chi connectivity index (χ4v) is 4.45. The molecule has 0 aliphatic carbocycles. The molecule has 3 aromatic rings. The summed E-state index contributed by atoms with van der Waals surface area (Å²) in [6.45, 7) is 0. The van der Waals surface area contributed by atoms with E-state index < -0.39 is 11.7 Å². The number of rotatable bonds is 8. The first-order valence-electron chi connectivity index (χ1n) is 8.49. The number of nitrogens with zero attached hydrogens (tertiary/aromatic N) is 1.